The number of nitrogens with zero attached hydrogens (tertiary/aromatic N) is 1. The number of anilines is 1. The number of para-hydroxylation sites is 1. The van der Waals surface area contributed by atoms with Crippen LogP contribution < -0.4 is 5.32 Å². The SMILES string of the molecule is O=C1c2ccccc2N[C@@H](c2ccc(O)c(O)c2)N1C1CC1. The first-order valence-electron chi connectivity index (χ1n) is 7.35. The largest absolute Gasteiger partial charge is 0.504 e. The lowest BCUT2D eigenvalue weighted by molar-refractivity contribution is 0.0666. The summed E-state index contributed by atoms with van der Waals surface area (Å²) in [6.07, 6.45) is 1.66. The van der Waals surface area contributed by atoms with Gasteiger partial charge < -0.3 is 20.4 Å². The van der Waals surface area contributed by atoms with Crippen LogP contribution in [-0.2, 0) is 0 Å². The van der Waals surface area contributed by atoms with E-state index < -0.39 is 0 Å². The van der Waals surface area contributed by atoms with E-state index in [2.05, 4.69) is 5.32 Å². The third-order valence-electron chi connectivity index (χ3n) is 4.22. The minimum absolute atomic E-state index is 0.00872. The standard InChI is InChI=1S/C17H16N2O3/c20-14-8-5-10(9-15(14)21)16-18-13-4-2-1-3-12(13)17(22)19(16)11-6-7-11/h1-5,8-9,11,16,18,20-21H,6-7H2/t16-/m1/s1. The molecule has 1 saturated carbocycles. The Morgan fingerprint density at radius 1 is 1.05 bits per heavy atom. The monoisotopic (exact) mass is 296 g/mol. The zero-order valence-corrected chi connectivity index (χ0v) is 11.9. The van der Waals surface area contributed by atoms with Crippen LogP contribution in [0.25, 0.3) is 0 Å². The highest BCUT2D eigenvalue weighted by molar-refractivity contribution is 6.02. The van der Waals surface area contributed by atoms with E-state index in [1.807, 2.05) is 29.2 Å². The van der Waals surface area contributed by atoms with E-state index in [0.717, 1.165) is 24.1 Å². The zero-order valence-electron chi connectivity index (χ0n) is 11.9. The molecule has 0 unspecified atom stereocenters. The lowest BCUT2D eigenvalue weighted by Crippen LogP contribution is -2.44. The molecule has 2 aromatic rings. The molecule has 4 rings (SSSR count). The number of rotatable bonds is 2. The molecule has 0 radical (unpaired) electrons. The molecule has 0 bridgehead atoms. The summed E-state index contributed by atoms with van der Waals surface area (Å²) in [5, 5.41) is 22.6. The van der Waals surface area contributed by atoms with Crippen LogP contribution in [0.15, 0.2) is 42.5 Å². The van der Waals surface area contributed by atoms with Crippen molar-refractivity contribution in [3.63, 3.8) is 0 Å². The van der Waals surface area contributed by atoms with Crippen LogP contribution in [0.2, 0.25) is 0 Å². The van der Waals surface area contributed by atoms with E-state index in [4.69, 9.17) is 0 Å². The number of aromatic hydroxyl groups is 2. The maximum atomic E-state index is 12.8. The van der Waals surface area contributed by atoms with Gasteiger partial charge in [-0.2, -0.15) is 0 Å². The molecule has 112 valence electrons. The van der Waals surface area contributed by atoms with Gasteiger partial charge in [0.2, 0.25) is 0 Å². The third kappa shape index (κ3) is 1.97. The van der Waals surface area contributed by atoms with Crippen molar-refractivity contribution >= 4 is 11.6 Å². The molecule has 2 aliphatic rings. The minimum Gasteiger partial charge on any atom is -0.504 e. The van der Waals surface area contributed by atoms with Gasteiger partial charge in [-0.1, -0.05) is 18.2 Å². The van der Waals surface area contributed by atoms with Gasteiger partial charge in [0.25, 0.3) is 5.91 Å². The Labute approximate surface area is 127 Å². The lowest BCUT2D eigenvalue weighted by atomic mass is 10.0. The van der Waals surface area contributed by atoms with Crippen molar-refractivity contribution < 1.29 is 15.0 Å². The van der Waals surface area contributed by atoms with Crippen molar-refractivity contribution in [2.75, 3.05) is 5.32 Å². The second kappa shape index (κ2) is 4.66. The maximum absolute atomic E-state index is 12.8. The molecule has 1 aliphatic carbocycles. The van der Waals surface area contributed by atoms with Crippen molar-refractivity contribution in [2.24, 2.45) is 0 Å². The van der Waals surface area contributed by atoms with Crippen LogP contribution in [0.3, 0.4) is 0 Å². The van der Waals surface area contributed by atoms with Crippen LogP contribution in [0.1, 0.15) is 34.9 Å². The Balaban J connectivity index is 1.80. The second-order valence-corrected chi connectivity index (χ2v) is 5.78. The highest BCUT2D eigenvalue weighted by Gasteiger charge is 2.42. The van der Waals surface area contributed by atoms with Crippen molar-refractivity contribution in [3.05, 3.63) is 53.6 Å². The van der Waals surface area contributed by atoms with Gasteiger partial charge >= 0.3 is 0 Å². The van der Waals surface area contributed by atoms with E-state index in [0.29, 0.717) is 5.56 Å². The fourth-order valence-electron chi connectivity index (χ4n) is 2.95. The van der Waals surface area contributed by atoms with Gasteiger partial charge in [-0.3, -0.25) is 4.79 Å². The summed E-state index contributed by atoms with van der Waals surface area (Å²) >= 11 is 0. The molecular formula is C17H16N2O3. The predicted octanol–water partition coefficient (Wildman–Crippen LogP) is 2.83. The Kier molecular flexibility index (Phi) is 2.76. The number of fused-ring (bicyclic) bond motifs is 1. The quantitative estimate of drug-likeness (QED) is 0.745. The molecule has 5 heteroatoms. The number of carbonyl (C=O) groups excluding carboxylic acids is 1. The van der Waals surface area contributed by atoms with Gasteiger partial charge in [0.05, 0.1) is 5.56 Å². The number of phenols is 2. The van der Waals surface area contributed by atoms with Gasteiger partial charge in [0.1, 0.15) is 6.17 Å². The summed E-state index contributed by atoms with van der Waals surface area (Å²) < 4.78 is 0. The number of carbonyl (C=O) groups is 1. The first-order chi connectivity index (χ1) is 10.6. The van der Waals surface area contributed by atoms with Crippen molar-refractivity contribution in [3.8, 4) is 11.5 Å². The fraction of sp³-hybridized carbons (Fsp3) is 0.235. The fourth-order valence-corrected chi connectivity index (χ4v) is 2.95. The molecule has 5 nitrogen and oxygen atoms in total. The maximum Gasteiger partial charge on any atom is 0.258 e. The van der Waals surface area contributed by atoms with E-state index in [9.17, 15) is 15.0 Å². The third-order valence-corrected chi connectivity index (χ3v) is 4.22. The van der Waals surface area contributed by atoms with E-state index >= 15 is 0 Å². The predicted molar refractivity (Wildman–Crippen MR) is 81.8 cm³/mol. The first kappa shape index (κ1) is 13.0. The van der Waals surface area contributed by atoms with Crippen molar-refractivity contribution in [1.82, 2.24) is 4.90 Å². The normalized spacial score (nSPS) is 20.5. The molecule has 0 saturated heterocycles. The molecule has 1 atom stereocenters. The average Bonchev–Trinajstić information content (AvgIpc) is 3.34. The molecule has 3 N–H and O–H groups in total. The lowest BCUT2D eigenvalue weighted by Gasteiger charge is -2.38. The Morgan fingerprint density at radius 3 is 2.55 bits per heavy atom. The molecular weight excluding hydrogens is 280 g/mol. The van der Waals surface area contributed by atoms with Gasteiger partial charge in [-0.05, 0) is 42.7 Å². The van der Waals surface area contributed by atoms with E-state index in [1.54, 1.807) is 6.07 Å². The molecule has 22 heavy (non-hydrogen) atoms. The van der Waals surface area contributed by atoms with Crippen LogP contribution in [0.5, 0.6) is 11.5 Å². The summed E-state index contributed by atoms with van der Waals surface area (Å²) in [5.74, 6) is -0.333. The van der Waals surface area contributed by atoms with Crippen molar-refractivity contribution in [2.45, 2.75) is 25.0 Å². The van der Waals surface area contributed by atoms with Crippen LogP contribution in [0.4, 0.5) is 5.69 Å². The second-order valence-electron chi connectivity index (χ2n) is 5.78. The molecule has 1 aliphatic heterocycles. The van der Waals surface area contributed by atoms with Gasteiger partial charge in [0.15, 0.2) is 11.5 Å². The first-order valence-corrected chi connectivity index (χ1v) is 7.35. The number of hydrogen-bond acceptors (Lipinski definition) is 4. The summed E-state index contributed by atoms with van der Waals surface area (Å²) in [6, 6.07) is 12.4. The Bertz CT molecular complexity index is 755. The summed E-state index contributed by atoms with van der Waals surface area (Å²) in [6.45, 7) is 0. The zero-order chi connectivity index (χ0) is 15.3. The summed E-state index contributed by atoms with van der Waals surface area (Å²) in [4.78, 5) is 14.6. The minimum atomic E-state index is -0.332. The Morgan fingerprint density at radius 2 is 1.82 bits per heavy atom. The number of amides is 1. The van der Waals surface area contributed by atoms with Crippen LogP contribution >= 0.6 is 0 Å². The van der Waals surface area contributed by atoms with Gasteiger partial charge in [-0.15, -0.1) is 0 Å². The van der Waals surface area contributed by atoms with E-state index in [1.165, 1.54) is 12.1 Å². The average molecular weight is 296 g/mol. The molecule has 0 spiro atoms. The number of hydrogen-bond donors (Lipinski definition) is 3. The van der Waals surface area contributed by atoms with Gasteiger partial charge in [-0.25, -0.2) is 0 Å². The molecule has 1 heterocycles. The summed E-state index contributed by atoms with van der Waals surface area (Å²) in [7, 11) is 0. The number of benzene rings is 2. The highest BCUT2D eigenvalue weighted by Crippen LogP contribution is 2.41. The molecule has 0 aromatic heterocycles. The molecule has 1 amide bonds. The smallest absolute Gasteiger partial charge is 0.258 e. The van der Waals surface area contributed by atoms with Crippen LogP contribution in [-0.4, -0.2) is 27.1 Å². The topological polar surface area (TPSA) is 72.8 Å². The van der Waals surface area contributed by atoms with Crippen LogP contribution in [0, 0.1) is 0 Å². The molecule has 1 fully saturated rings. The number of phenolic OH excluding ortho intramolecular Hbond substituents is 2. The van der Waals surface area contributed by atoms with Crippen molar-refractivity contribution in [1.29, 1.82) is 0 Å². The summed E-state index contributed by atoms with van der Waals surface area (Å²) in [5.41, 5.74) is 2.22. The highest BCUT2D eigenvalue weighted by atomic mass is 16.3. The number of nitrogens with one attached hydrogen (secondary N) is 1. The van der Waals surface area contributed by atoms with E-state index in [-0.39, 0.29) is 29.6 Å². The molecule has 2 aromatic carbocycles. The van der Waals surface area contributed by atoms with Gasteiger partial charge in [0, 0.05) is 11.7 Å². The Hall–Kier alpha value is -2.69.